The van der Waals surface area contributed by atoms with Crippen molar-refractivity contribution in [3.8, 4) is 0 Å². The summed E-state index contributed by atoms with van der Waals surface area (Å²) in [6, 6.07) is 1.90. The number of aryl methyl sites for hydroxylation is 2. The summed E-state index contributed by atoms with van der Waals surface area (Å²) in [4.78, 5) is 23.9. The van der Waals surface area contributed by atoms with Gasteiger partial charge in [-0.3, -0.25) is 4.79 Å². The molecule has 1 fully saturated rings. The smallest absolute Gasteiger partial charge is 0.265 e. The average Bonchev–Trinajstić information content (AvgIpc) is 3.15. The maximum absolute atomic E-state index is 12.1. The van der Waals surface area contributed by atoms with E-state index in [9.17, 15) is 4.79 Å². The van der Waals surface area contributed by atoms with Crippen LogP contribution in [0.1, 0.15) is 39.6 Å². The zero-order chi connectivity index (χ0) is 15.5. The molecule has 1 aliphatic heterocycles. The van der Waals surface area contributed by atoms with E-state index in [2.05, 4.69) is 29.8 Å². The number of carbonyl (C=O) groups is 1. The fourth-order valence-corrected chi connectivity index (χ4v) is 3.03. The number of nitrogens with zero attached hydrogens (tertiary/aromatic N) is 5. The first kappa shape index (κ1) is 14.8. The molecule has 116 valence electrons. The number of anilines is 1. The van der Waals surface area contributed by atoms with Crippen LogP contribution in [0.15, 0.2) is 6.07 Å². The van der Waals surface area contributed by atoms with Crippen LogP contribution in [0.2, 0.25) is 0 Å². The molecule has 0 unspecified atom stereocenters. The lowest BCUT2D eigenvalue weighted by Gasteiger charge is -2.16. The normalized spacial score (nSPS) is 14.4. The molecule has 22 heavy (non-hydrogen) atoms. The van der Waals surface area contributed by atoms with Crippen molar-refractivity contribution in [3.63, 3.8) is 0 Å². The van der Waals surface area contributed by atoms with Gasteiger partial charge in [-0.05, 0) is 44.3 Å². The van der Waals surface area contributed by atoms with Gasteiger partial charge in [-0.15, -0.1) is 5.10 Å². The van der Waals surface area contributed by atoms with Crippen LogP contribution in [-0.2, 0) is 6.54 Å². The van der Waals surface area contributed by atoms with Crippen LogP contribution in [0.25, 0.3) is 0 Å². The lowest BCUT2D eigenvalue weighted by molar-refractivity contribution is 0.0953. The Morgan fingerprint density at radius 1 is 1.32 bits per heavy atom. The van der Waals surface area contributed by atoms with Crippen molar-refractivity contribution in [2.45, 2.75) is 33.2 Å². The molecule has 1 N–H and O–H groups in total. The van der Waals surface area contributed by atoms with Crippen molar-refractivity contribution < 1.29 is 4.79 Å². The van der Waals surface area contributed by atoms with Crippen molar-refractivity contribution in [2.75, 3.05) is 18.0 Å². The Bertz CT molecular complexity index is 680. The van der Waals surface area contributed by atoms with Gasteiger partial charge in [-0.2, -0.15) is 0 Å². The number of aromatic nitrogens is 4. The van der Waals surface area contributed by atoms with E-state index < -0.39 is 0 Å². The second-order valence-electron chi connectivity index (χ2n) is 5.36. The monoisotopic (exact) mass is 318 g/mol. The fourth-order valence-electron chi connectivity index (χ4n) is 2.46. The van der Waals surface area contributed by atoms with E-state index >= 15 is 0 Å². The Kier molecular flexibility index (Phi) is 4.28. The van der Waals surface area contributed by atoms with Gasteiger partial charge in [0.15, 0.2) is 0 Å². The van der Waals surface area contributed by atoms with E-state index in [4.69, 9.17) is 0 Å². The molecule has 2 aromatic heterocycles. The molecule has 0 radical (unpaired) electrons. The highest BCUT2D eigenvalue weighted by atomic mass is 32.1. The first-order valence-corrected chi connectivity index (χ1v) is 8.07. The Hall–Kier alpha value is -2.09. The van der Waals surface area contributed by atoms with Crippen LogP contribution >= 0.6 is 11.5 Å². The second-order valence-corrected chi connectivity index (χ2v) is 6.12. The fraction of sp³-hybridized carbons (Fsp3) is 0.500. The van der Waals surface area contributed by atoms with Gasteiger partial charge in [0, 0.05) is 18.8 Å². The summed E-state index contributed by atoms with van der Waals surface area (Å²) in [5.41, 5.74) is 2.38. The molecular weight excluding hydrogens is 300 g/mol. The first-order chi connectivity index (χ1) is 10.6. The van der Waals surface area contributed by atoms with Crippen molar-refractivity contribution >= 4 is 23.4 Å². The Labute approximate surface area is 133 Å². The second kappa shape index (κ2) is 6.35. The van der Waals surface area contributed by atoms with Crippen molar-refractivity contribution in [1.29, 1.82) is 0 Å². The maximum Gasteiger partial charge on any atom is 0.265 e. The number of carbonyl (C=O) groups excluding carboxylic acids is 1. The van der Waals surface area contributed by atoms with Crippen LogP contribution in [-0.4, -0.2) is 38.6 Å². The minimum atomic E-state index is -0.161. The molecule has 1 aliphatic rings. The maximum atomic E-state index is 12.1. The minimum Gasteiger partial charge on any atom is -0.346 e. The number of hydrogen-bond acceptors (Lipinski definition) is 7. The highest BCUT2D eigenvalue weighted by Gasteiger charge is 2.17. The predicted molar refractivity (Wildman–Crippen MR) is 84.0 cm³/mol. The molecule has 0 atom stereocenters. The summed E-state index contributed by atoms with van der Waals surface area (Å²) in [5, 5.41) is 6.72. The van der Waals surface area contributed by atoms with E-state index in [0.717, 1.165) is 42.0 Å². The zero-order valence-corrected chi connectivity index (χ0v) is 13.5. The van der Waals surface area contributed by atoms with Gasteiger partial charge >= 0.3 is 0 Å². The van der Waals surface area contributed by atoms with Crippen LogP contribution < -0.4 is 10.2 Å². The van der Waals surface area contributed by atoms with E-state index in [1.54, 1.807) is 6.92 Å². The molecule has 7 nitrogen and oxygen atoms in total. The van der Waals surface area contributed by atoms with Gasteiger partial charge in [-0.25, -0.2) is 9.97 Å². The molecule has 1 saturated heterocycles. The predicted octanol–water partition coefficient (Wildman–Crippen LogP) is 1.48. The Morgan fingerprint density at radius 2 is 2.09 bits per heavy atom. The lowest BCUT2D eigenvalue weighted by atomic mass is 10.3. The third-order valence-electron chi connectivity index (χ3n) is 3.57. The summed E-state index contributed by atoms with van der Waals surface area (Å²) in [6.45, 7) is 6.10. The molecule has 3 heterocycles. The van der Waals surface area contributed by atoms with E-state index in [-0.39, 0.29) is 5.91 Å². The van der Waals surface area contributed by atoms with Gasteiger partial charge in [0.2, 0.25) is 5.95 Å². The van der Waals surface area contributed by atoms with Crippen molar-refractivity contribution in [1.82, 2.24) is 24.9 Å². The van der Waals surface area contributed by atoms with Crippen LogP contribution in [0.3, 0.4) is 0 Å². The van der Waals surface area contributed by atoms with Crippen LogP contribution in [0.5, 0.6) is 0 Å². The summed E-state index contributed by atoms with van der Waals surface area (Å²) in [5.74, 6) is 0.601. The van der Waals surface area contributed by atoms with E-state index in [1.807, 2.05) is 13.0 Å². The molecule has 0 bridgehead atoms. The minimum absolute atomic E-state index is 0.161. The first-order valence-electron chi connectivity index (χ1n) is 7.30. The largest absolute Gasteiger partial charge is 0.346 e. The average molecular weight is 318 g/mol. The molecule has 0 aromatic carbocycles. The summed E-state index contributed by atoms with van der Waals surface area (Å²) in [6.07, 6.45) is 2.36. The van der Waals surface area contributed by atoms with Gasteiger partial charge in [-0.1, -0.05) is 4.49 Å². The molecule has 2 aromatic rings. The molecule has 8 heteroatoms. The quantitative estimate of drug-likeness (QED) is 0.919. The molecule has 3 rings (SSSR count). The Balaban J connectivity index is 1.69. The number of hydrogen-bond donors (Lipinski definition) is 1. The molecule has 0 aliphatic carbocycles. The van der Waals surface area contributed by atoms with Gasteiger partial charge < -0.3 is 10.2 Å². The molecule has 1 amide bonds. The molecule has 0 spiro atoms. The van der Waals surface area contributed by atoms with Crippen molar-refractivity contribution in [2.24, 2.45) is 0 Å². The molecular formula is C14H18N6OS. The summed E-state index contributed by atoms with van der Waals surface area (Å²) in [7, 11) is 0. The number of rotatable bonds is 4. The standard InChI is InChI=1S/C14H18N6OS/c1-9-7-11(17-14(16-9)20-5-3-4-6-20)8-15-13(21)12-10(2)18-19-22-12/h7H,3-6,8H2,1-2H3,(H,15,21). The number of nitrogens with one attached hydrogen (secondary N) is 1. The van der Waals surface area contributed by atoms with E-state index in [1.165, 1.54) is 12.8 Å². The summed E-state index contributed by atoms with van der Waals surface area (Å²) < 4.78 is 3.78. The third kappa shape index (κ3) is 3.22. The van der Waals surface area contributed by atoms with Crippen LogP contribution in [0.4, 0.5) is 5.95 Å². The van der Waals surface area contributed by atoms with Gasteiger partial charge in [0.1, 0.15) is 4.88 Å². The molecule has 0 saturated carbocycles. The van der Waals surface area contributed by atoms with Crippen LogP contribution in [0, 0.1) is 13.8 Å². The van der Waals surface area contributed by atoms with Gasteiger partial charge in [0.25, 0.3) is 5.91 Å². The van der Waals surface area contributed by atoms with Crippen molar-refractivity contribution in [3.05, 3.63) is 28.0 Å². The number of amides is 1. The lowest BCUT2D eigenvalue weighted by Crippen LogP contribution is -2.25. The van der Waals surface area contributed by atoms with Gasteiger partial charge in [0.05, 0.1) is 17.9 Å². The topological polar surface area (TPSA) is 83.9 Å². The highest BCUT2D eigenvalue weighted by molar-refractivity contribution is 7.07. The zero-order valence-electron chi connectivity index (χ0n) is 12.7. The SMILES string of the molecule is Cc1cc(CNC(=O)c2snnc2C)nc(N2CCCC2)n1. The Morgan fingerprint density at radius 3 is 2.77 bits per heavy atom. The highest BCUT2D eigenvalue weighted by Crippen LogP contribution is 2.17. The third-order valence-corrected chi connectivity index (χ3v) is 4.40. The van der Waals surface area contributed by atoms with E-state index in [0.29, 0.717) is 17.1 Å². The summed E-state index contributed by atoms with van der Waals surface area (Å²) >= 11 is 1.11.